The molecule has 0 spiro atoms. The fourth-order valence-corrected chi connectivity index (χ4v) is 4.46. The van der Waals surface area contributed by atoms with E-state index in [1.807, 2.05) is 24.4 Å². The lowest BCUT2D eigenvalue weighted by Gasteiger charge is -2.32. The number of aryl methyl sites for hydroxylation is 1. The summed E-state index contributed by atoms with van der Waals surface area (Å²) in [5, 5.41) is 1.17. The number of carbonyl (C=O) groups is 1. The predicted octanol–water partition coefficient (Wildman–Crippen LogP) is 4.50. The molecular weight excluding hydrogens is 418 g/mol. The maximum Gasteiger partial charge on any atom is 0.337 e. The number of likely N-dealkylation sites (tertiary alicyclic amines) is 1. The molecule has 0 radical (unpaired) electrons. The second kappa shape index (κ2) is 8.05. The molecule has 2 aromatic heterocycles. The number of nitrogens with zero attached hydrogens (tertiary/aromatic N) is 3. The van der Waals surface area contributed by atoms with Crippen molar-refractivity contribution in [3.05, 3.63) is 63.9 Å². The van der Waals surface area contributed by atoms with Crippen molar-refractivity contribution in [3.8, 4) is 0 Å². The minimum Gasteiger partial charge on any atom is -0.465 e. The Hall–Kier alpha value is -2.18. The summed E-state index contributed by atoms with van der Waals surface area (Å²) in [6.07, 6.45) is 4.10. The number of hydrogen-bond donors (Lipinski definition) is 0. The van der Waals surface area contributed by atoms with Crippen LogP contribution in [0, 0.1) is 0 Å². The normalized spacial score (nSPS) is 15.8. The molecule has 0 aliphatic carbocycles. The predicted molar refractivity (Wildman–Crippen MR) is 113 cm³/mol. The van der Waals surface area contributed by atoms with Gasteiger partial charge in [-0.15, -0.1) is 0 Å². The van der Waals surface area contributed by atoms with E-state index in [-0.39, 0.29) is 5.97 Å². The Labute approximate surface area is 173 Å². The molecular formula is C22H24BrN3O2. The van der Waals surface area contributed by atoms with Crippen molar-refractivity contribution in [1.29, 1.82) is 0 Å². The van der Waals surface area contributed by atoms with Gasteiger partial charge in [-0.3, -0.25) is 4.90 Å². The van der Waals surface area contributed by atoms with Crippen molar-refractivity contribution in [2.24, 2.45) is 7.05 Å². The summed E-state index contributed by atoms with van der Waals surface area (Å²) >= 11 is 3.63. The lowest BCUT2D eigenvalue weighted by molar-refractivity contribution is 0.0600. The van der Waals surface area contributed by atoms with Gasteiger partial charge in [-0.1, -0.05) is 12.1 Å². The third-order valence-electron chi connectivity index (χ3n) is 5.75. The average Bonchev–Trinajstić information content (AvgIpc) is 3.05. The fourth-order valence-electron chi connectivity index (χ4n) is 4.05. The molecule has 6 heteroatoms. The van der Waals surface area contributed by atoms with Crippen molar-refractivity contribution in [3.63, 3.8) is 0 Å². The molecule has 0 amide bonds. The van der Waals surface area contributed by atoms with Crippen LogP contribution in [0.5, 0.6) is 0 Å². The summed E-state index contributed by atoms with van der Waals surface area (Å²) < 4.78 is 8.06. The Morgan fingerprint density at radius 2 is 1.93 bits per heavy atom. The molecule has 1 aliphatic rings. The van der Waals surface area contributed by atoms with E-state index in [1.54, 1.807) is 0 Å². The molecule has 5 nitrogen and oxygen atoms in total. The van der Waals surface area contributed by atoms with E-state index < -0.39 is 0 Å². The van der Waals surface area contributed by atoms with Gasteiger partial charge in [0.2, 0.25) is 0 Å². The van der Waals surface area contributed by atoms with Crippen LogP contribution in [0.3, 0.4) is 0 Å². The summed E-state index contributed by atoms with van der Waals surface area (Å²) in [6.45, 7) is 3.08. The van der Waals surface area contributed by atoms with Gasteiger partial charge in [-0.05, 0) is 77.6 Å². The van der Waals surface area contributed by atoms with Crippen molar-refractivity contribution >= 4 is 32.9 Å². The van der Waals surface area contributed by atoms with Gasteiger partial charge < -0.3 is 9.30 Å². The SMILES string of the molecule is COC(=O)c1ccc(C2CCN(Cc3cc4c(Br)ccnc4n3C)CC2)cc1. The van der Waals surface area contributed by atoms with Crippen molar-refractivity contribution in [1.82, 2.24) is 14.5 Å². The largest absolute Gasteiger partial charge is 0.465 e. The van der Waals surface area contributed by atoms with Gasteiger partial charge in [-0.25, -0.2) is 9.78 Å². The number of esters is 1. The van der Waals surface area contributed by atoms with E-state index in [0.717, 1.165) is 42.6 Å². The lowest BCUT2D eigenvalue weighted by atomic mass is 9.89. The molecule has 3 aromatic rings. The number of hydrogen-bond acceptors (Lipinski definition) is 4. The lowest BCUT2D eigenvalue weighted by Crippen LogP contribution is -2.33. The third kappa shape index (κ3) is 3.71. The Morgan fingerprint density at radius 1 is 1.21 bits per heavy atom. The van der Waals surface area contributed by atoms with Gasteiger partial charge in [-0.2, -0.15) is 0 Å². The van der Waals surface area contributed by atoms with Crippen LogP contribution in [0.1, 0.15) is 40.4 Å². The highest BCUT2D eigenvalue weighted by atomic mass is 79.9. The first-order valence-corrected chi connectivity index (χ1v) is 10.4. The number of piperidine rings is 1. The van der Waals surface area contributed by atoms with Gasteiger partial charge in [0.05, 0.1) is 12.7 Å². The molecule has 0 bridgehead atoms. The number of benzene rings is 1. The van der Waals surface area contributed by atoms with E-state index in [9.17, 15) is 4.79 Å². The van der Waals surface area contributed by atoms with Crippen molar-refractivity contribution < 1.29 is 9.53 Å². The van der Waals surface area contributed by atoms with E-state index >= 15 is 0 Å². The summed E-state index contributed by atoms with van der Waals surface area (Å²) in [6, 6.07) is 12.1. The summed E-state index contributed by atoms with van der Waals surface area (Å²) in [5.74, 6) is 0.267. The quantitative estimate of drug-likeness (QED) is 0.559. The van der Waals surface area contributed by atoms with E-state index in [1.165, 1.54) is 23.8 Å². The van der Waals surface area contributed by atoms with Crippen LogP contribution in [0.25, 0.3) is 11.0 Å². The molecule has 1 aromatic carbocycles. The standard InChI is InChI=1S/C22H24BrN3O2/c1-25-18(13-19-20(23)7-10-24-21(19)25)14-26-11-8-16(9-12-26)15-3-5-17(6-4-15)22(27)28-2/h3-7,10,13,16H,8-9,11-12,14H2,1-2H3. The number of carbonyl (C=O) groups excluding carboxylic acids is 1. The smallest absolute Gasteiger partial charge is 0.337 e. The minimum absolute atomic E-state index is 0.280. The molecule has 4 rings (SSSR count). The number of pyridine rings is 1. The molecule has 1 saturated heterocycles. The zero-order valence-electron chi connectivity index (χ0n) is 16.2. The second-order valence-corrected chi connectivity index (χ2v) is 8.24. The number of ether oxygens (including phenoxy) is 1. The molecule has 1 aliphatic heterocycles. The Bertz CT molecular complexity index is 989. The van der Waals surface area contributed by atoms with Crippen molar-refractivity contribution in [2.45, 2.75) is 25.3 Å². The van der Waals surface area contributed by atoms with Crippen LogP contribution in [0.4, 0.5) is 0 Å². The first-order chi connectivity index (χ1) is 13.6. The molecule has 3 heterocycles. The molecule has 0 N–H and O–H groups in total. The van der Waals surface area contributed by atoms with Gasteiger partial charge in [0.1, 0.15) is 5.65 Å². The molecule has 0 atom stereocenters. The number of fused-ring (bicyclic) bond motifs is 1. The third-order valence-corrected chi connectivity index (χ3v) is 6.44. The number of methoxy groups -OCH3 is 1. The Kier molecular flexibility index (Phi) is 5.51. The minimum atomic E-state index is -0.280. The van der Waals surface area contributed by atoms with Crippen LogP contribution in [0.2, 0.25) is 0 Å². The molecule has 0 saturated carbocycles. The highest BCUT2D eigenvalue weighted by Gasteiger charge is 2.22. The van der Waals surface area contributed by atoms with Crippen LogP contribution in [-0.2, 0) is 18.3 Å². The second-order valence-electron chi connectivity index (χ2n) is 7.39. The monoisotopic (exact) mass is 441 g/mol. The first-order valence-electron chi connectivity index (χ1n) is 9.56. The number of halogens is 1. The number of aromatic nitrogens is 2. The summed E-state index contributed by atoms with van der Waals surface area (Å²) in [7, 11) is 3.50. The molecule has 1 fully saturated rings. The Balaban J connectivity index is 1.40. The van der Waals surface area contributed by atoms with Gasteiger partial charge in [0, 0.05) is 35.3 Å². The van der Waals surface area contributed by atoms with Gasteiger partial charge >= 0.3 is 5.97 Å². The highest BCUT2D eigenvalue weighted by Crippen LogP contribution is 2.30. The van der Waals surface area contributed by atoms with Crippen LogP contribution < -0.4 is 0 Å². The average molecular weight is 442 g/mol. The zero-order valence-corrected chi connectivity index (χ0v) is 17.8. The molecule has 146 valence electrons. The van der Waals surface area contributed by atoms with Gasteiger partial charge in [0.15, 0.2) is 0 Å². The summed E-state index contributed by atoms with van der Waals surface area (Å²) in [4.78, 5) is 18.6. The zero-order chi connectivity index (χ0) is 19.7. The maximum absolute atomic E-state index is 11.6. The van der Waals surface area contributed by atoms with Crippen molar-refractivity contribution in [2.75, 3.05) is 20.2 Å². The first kappa shape index (κ1) is 19.2. The maximum atomic E-state index is 11.6. The highest BCUT2D eigenvalue weighted by molar-refractivity contribution is 9.10. The topological polar surface area (TPSA) is 47.4 Å². The van der Waals surface area contributed by atoms with E-state index in [2.05, 4.69) is 55.6 Å². The fraction of sp³-hybridized carbons (Fsp3) is 0.364. The van der Waals surface area contributed by atoms with E-state index in [0.29, 0.717) is 11.5 Å². The molecule has 0 unspecified atom stereocenters. The van der Waals surface area contributed by atoms with Crippen LogP contribution in [-0.4, -0.2) is 40.6 Å². The summed E-state index contributed by atoms with van der Waals surface area (Å²) in [5.41, 5.74) is 4.23. The Morgan fingerprint density at radius 3 is 2.57 bits per heavy atom. The molecule has 28 heavy (non-hydrogen) atoms. The van der Waals surface area contributed by atoms with Gasteiger partial charge in [0.25, 0.3) is 0 Å². The van der Waals surface area contributed by atoms with Crippen LogP contribution in [0.15, 0.2) is 47.1 Å². The number of rotatable bonds is 4. The van der Waals surface area contributed by atoms with Crippen LogP contribution >= 0.6 is 15.9 Å². The van der Waals surface area contributed by atoms with E-state index in [4.69, 9.17) is 4.74 Å².